The monoisotopic (exact) mass is 706 g/mol. The number of benzene rings is 1. The second-order valence-corrected chi connectivity index (χ2v) is 12.4. The van der Waals surface area contributed by atoms with Gasteiger partial charge in [0.2, 0.25) is 11.8 Å². The zero-order valence-corrected chi connectivity index (χ0v) is 28.9. The maximum absolute atomic E-state index is 13.2. The normalized spacial score (nSPS) is 14.2. The number of piperidine rings is 1. The van der Waals surface area contributed by atoms with Crippen LogP contribution in [0.25, 0.3) is 11.0 Å². The van der Waals surface area contributed by atoms with Gasteiger partial charge in [0.25, 0.3) is 17.4 Å². The van der Waals surface area contributed by atoms with E-state index >= 15 is 0 Å². The highest BCUT2D eigenvalue weighted by Crippen LogP contribution is 2.26. The van der Waals surface area contributed by atoms with Gasteiger partial charge in [-0.3, -0.25) is 38.4 Å². The molecule has 4 aromatic heterocycles. The quantitative estimate of drug-likeness (QED) is 0.0947. The molecule has 1 fully saturated rings. The van der Waals surface area contributed by atoms with Crippen LogP contribution in [0.4, 0.5) is 23.0 Å². The number of nitrogens with zero attached hydrogens (tertiary/aromatic N) is 5. The summed E-state index contributed by atoms with van der Waals surface area (Å²) >= 11 is 0. The van der Waals surface area contributed by atoms with Crippen LogP contribution >= 0.6 is 0 Å². The molecule has 1 unspecified atom stereocenters. The Bertz CT molecular complexity index is 2310. The van der Waals surface area contributed by atoms with Gasteiger partial charge in [-0.25, -0.2) is 14.8 Å². The lowest BCUT2D eigenvalue weighted by Gasteiger charge is -2.21. The van der Waals surface area contributed by atoms with Crippen molar-refractivity contribution in [1.82, 2.24) is 39.6 Å². The number of rotatable bonds is 12. The summed E-state index contributed by atoms with van der Waals surface area (Å²) in [6.07, 6.45) is 6.97. The molecule has 0 bridgehead atoms. The van der Waals surface area contributed by atoms with E-state index in [-0.39, 0.29) is 53.1 Å². The van der Waals surface area contributed by atoms with Gasteiger partial charge in [-0.05, 0) is 61.6 Å². The van der Waals surface area contributed by atoms with E-state index in [0.717, 1.165) is 17.5 Å². The fourth-order valence-corrected chi connectivity index (χ4v) is 6.21. The molecule has 0 saturated carbocycles. The maximum Gasteiger partial charge on any atom is 0.329 e. The van der Waals surface area contributed by atoms with Crippen molar-refractivity contribution in [2.45, 2.75) is 38.1 Å². The Morgan fingerprint density at radius 3 is 2.46 bits per heavy atom. The third kappa shape index (κ3) is 7.31. The van der Waals surface area contributed by atoms with Crippen LogP contribution in [0.1, 0.15) is 58.0 Å². The van der Waals surface area contributed by atoms with E-state index in [1.165, 1.54) is 28.6 Å². The summed E-state index contributed by atoms with van der Waals surface area (Å²) in [6, 6.07) is 13.1. The molecular formula is C36H38N10O6. The number of carbonyl (C=O) groups is 4. The van der Waals surface area contributed by atoms with E-state index in [4.69, 9.17) is 0 Å². The molecule has 16 nitrogen and oxygen atoms in total. The minimum atomic E-state index is -0.745. The topological polar surface area (TPSA) is 203 Å². The van der Waals surface area contributed by atoms with Gasteiger partial charge in [-0.15, -0.1) is 0 Å². The van der Waals surface area contributed by atoms with E-state index in [0.29, 0.717) is 47.8 Å². The molecular weight excluding hydrogens is 668 g/mol. The highest BCUT2D eigenvalue weighted by Gasteiger charge is 2.31. The predicted molar refractivity (Wildman–Crippen MR) is 194 cm³/mol. The maximum atomic E-state index is 13.2. The number of carbonyl (C=O) groups excluding carboxylic acids is 4. The van der Waals surface area contributed by atoms with Gasteiger partial charge in [0.15, 0.2) is 0 Å². The predicted octanol–water partition coefficient (Wildman–Crippen LogP) is 2.41. The number of para-hydroxylation sites is 1. The van der Waals surface area contributed by atoms with Crippen molar-refractivity contribution in [3.8, 4) is 0 Å². The Morgan fingerprint density at radius 1 is 0.904 bits per heavy atom. The van der Waals surface area contributed by atoms with E-state index in [2.05, 4.69) is 36.6 Å². The smallest absolute Gasteiger partial charge is 0.329 e. The molecule has 6 rings (SSSR count). The van der Waals surface area contributed by atoms with Gasteiger partial charge in [0.1, 0.15) is 23.4 Å². The average molecular weight is 707 g/mol. The van der Waals surface area contributed by atoms with Crippen LogP contribution in [-0.2, 0) is 30.1 Å². The number of imidazole rings is 1. The number of unbranched alkanes of at least 4 members (excludes halogenated alkanes) is 1. The second kappa shape index (κ2) is 15.1. The van der Waals surface area contributed by atoms with Crippen LogP contribution < -0.4 is 37.8 Å². The molecule has 0 aliphatic carbocycles. The van der Waals surface area contributed by atoms with Gasteiger partial charge in [-0.2, -0.15) is 0 Å². The Morgan fingerprint density at radius 2 is 1.71 bits per heavy atom. The molecule has 268 valence electrons. The van der Waals surface area contributed by atoms with E-state index < -0.39 is 11.9 Å². The second-order valence-electron chi connectivity index (χ2n) is 12.4. The summed E-state index contributed by atoms with van der Waals surface area (Å²) in [5.74, 6) is -0.706. The molecule has 0 radical (unpaired) electrons. The number of nitrogens with one attached hydrogen (secondary N) is 5. The Kier molecular flexibility index (Phi) is 10.3. The number of aryl methyl sites for hydroxylation is 3. The van der Waals surface area contributed by atoms with Crippen LogP contribution in [0, 0.1) is 0 Å². The van der Waals surface area contributed by atoms with Gasteiger partial charge < -0.3 is 25.8 Å². The van der Waals surface area contributed by atoms with Crippen LogP contribution in [0.2, 0.25) is 0 Å². The van der Waals surface area contributed by atoms with Crippen molar-refractivity contribution in [2.75, 3.05) is 24.2 Å². The summed E-state index contributed by atoms with van der Waals surface area (Å²) in [5.41, 5.74) is 3.01. The molecule has 52 heavy (non-hydrogen) atoms. The summed E-state index contributed by atoms with van der Waals surface area (Å²) in [6.45, 7) is 0.424. The number of pyridine rings is 3. The number of amides is 4. The Balaban J connectivity index is 1.04. The lowest BCUT2D eigenvalue weighted by molar-refractivity contribution is -0.135. The third-order valence-corrected chi connectivity index (χ3v) is 8.92. The molecule has 16 heteroatoms. The number of hydrogen-bond acceptors (Lipinski definition) is 10. The first-order valence-electron chi connectivity index (χ1n) is 16.7. The van der Waals surface area contributed by atoms with Crippen LogP contribution in [0.15, 0.2) is 76.7 Å². The highest BCUT2D eigenvalue weighted by molar-refractivity contribution is 6.01. The molecule has 1 aliphatic rings. The number of fused-ring (bicyclic) bond motifs is 1. The van der Waals surface area contributed by atoms with Gasteiger partial charge in [0, 0.05) is 58.8 Å². The average Bonchev–Trinajstić information content (AvgIpc) is 3.39. The molecule has 5 aromatic rings. The molecule has 1 aromatic carbocycles. The SMILES string of the molecule is CNC(=O)c1cnc(Nc2ccc(C(=O)NCCCCc3cccc4c3n(C)c(=O)n4C3CCC(=O)NC3=O)cn2)cc1Nc1cccn(C)c1=O. The van der Waals surface area contributed by atoms with Crippen LogP contribution in [0.5, 0.6) is 0 Å². The summed E-state index contributed by atoms with van der Waals surface area (Å²) in [7, 11) is 4.81. The molecule has 5 N–H and O–H groups in total. The van der Waals surface area contributed by atoms with Gasteiger partial charge >= 0.3 is 5.69 Å². The molecule has 0 spiro atoms. The zero-order chi connectivity index (χ0) is 36.9. The van der Waals surface area contributed by atoms with E-state index in [9.17, 15) is 28.8 Å². The first-order chi connectivity index (χ1) is 25.0. The van der Waals surface area contributed by atoms with Crippen molar-refractivity contribution >= 4 is 57.7 Å². The first-order valence-corrected chi connectivity index (χ1v) is 16.7. The van der Waals surface area contributed by atoms with Crippen molar-refractivity contribution in [2.24, 2.45) is 14.1 Å². The first kappa shape index (κ1) is 35.3. The van der Waals surface area contributed by atoms with E-state index in [1.54, 1.807) is 55.2 Å². The lowest BCUT2D eigenvalue weighted by atomic mass is 10.0. The molecule has 5 heterocycles. The summed E-state index contributed by atoms with van der Waals surface area (Å²) in [5, 5.41) is 13.9. The van der Waals surface area contributed by atoms with Crippen LogP contribution in [-0.4, -0.2) is 60.9 Å². The standard InChI is InChI=1S/C36H38N10O6/c1-37-33(49)23-20-40-29(18-25(23)41-24-10-7-17-44(2)35(24)51)42-28-14-12-22(19-39-28)32(48)38-16-5-4-8-21-9-6-11-26-31(21)45(3)36(52)46(26)27-13-15-30(47)43-34(27)50/h6-7,9-12,14,17-20,27H,4-5,8,13,15-16H2,1-3H3,(H,37,49)(H,38,48)(H,43,47,50)(H2,39,40,41,42). The molecule has 1 saturated heterocycles. The number of imide groups is 1. The highest BCUT2D eigenvalue weighted by atomic mass is 16.2. The van der Waals surface area contributed by atoms with Gasteiger partial charge in [0.05, 0.1) is 27.8 Å². The zero-order valence-electron chi connectivity index (χ0n) is 28.9. The van der Waals surface area contributed by atoms with Crippen LogP contribution in [0.3, 0.4) is 0 Å². The lowest BCUT2D eigenvalue weighted by Crippen LogP contribution is -2.44. The molecule has 4 amide bonds. The fraction of sp³-hybridized carbons (Fsp3) is 0.278. The van der Waals surface area contributed by atoms with Gasteiger partial charge in [-0.1, -0.05) is 12.1 Å². The minimum Gasteiger partial charge on any atom is -0.355 e. The Labute approximate surface area is 297 Å². The largest absolute Gasteiger partial charge is 0.355 e. The van der Waals surface area contributed by atoms with Crippen molar-refractivity contribution in [1.29, 1.82) is 0 Å². The summed E-state index contributed by atoms with van der Waals surface area (Å²) in [4.78, 5) is 83.9. The summed E-state index contributed by atoms with van der Waals surface area (Å²) < 4.78 is 4.44. The van der Waals surface area contributed by atoms with Crippen molar-refractivity contribution < 1.29 is 19.2 Å². The Hall–Kier alpha value is -6.58. The van der Waals surface area contributed by atoms with Crippen molar-refractivity contribution in [3.05, 3.63) is 105 Å². The van der Waals surface area contributed by atoms with E-state index in [1.807, 2.05) is 18.2 Å². The fourth-order valence-electron chi connectivity index (χ4n) is 6.21. The minimum absolute atomic E-state index is 0.175. The third-order valence-electron chi connectivity index (χ3n) is 8.92. The number of hydrogen-bond donors (Lipinski definition) is 5. The molecule has 1 atom stereocenters. The number of anilines is 4. The molecule has 1 aliphatic heterocycles. The van der Waals surface area contributed by atoms with Crippen molar-refractivity contribution in [3.63, 3.8) is 0 Å². The number of aromatic nitrogens is 5.